The molecule has 1 atom stereocenters. The Hall–Kier alpha value is -2.78. The van der Waals surface area contributed by atoms with Gasteiger partial charge in [-0.15, -0.1) is 0 Å². The van der Waals surface area contributed by atoms with Crippen LogP contribution in [-0.4, -0.2) is 86.2 Å². The smallest absolute Gasteiger partial charge is 0.257 e. The number of piperidine rings is 3. The molecular formula is C26H37N5O4. The number of imide groups is 1. The monoisotopic (exact) mass is 483 g/mol. The molecule has 0 spiro atoms. The summed E-state index contributed by atoms with van der Waals surface area (Å²) in [6.07, 6.45) is 5.72. The van der Waals surface area contributed by atoms with Crippen LogP contribution in [-0.2, 0) is 9.59 Å². The standard InChI is InChI=1S/C26H37N5O4/c1-29(22-5-6-23(33)28-25(22)34)26(35)24-20(17-32)3-2-4-21(24)31-14-9-19(10-15-31)18-7-12-30(13-8-18)16-11-27/h2-4,17-19,22H,5-16,27H2,1H3,(H,28,33,34). The lowest BCUT2D eigenvalue weighted by Crippen LogP contribution is -2.53. The molecule has 3 amide bonds. The first-order valence-electron chi connectivity index (χ1n) is 12.8. The Labute approximate surface area is 207 Å². The Morgan fingerprint density at radius 2 is 1.74 bits per heavy atom. The number of nitrogens with zero attached hydrogens (tertiary/aromatic N) is 3. The Bertz CT molecular complexity index is 951. The third-order valence-electron chi connectivity index (χ3n) is 8.04. The minimum Gasteiger partial charge on any atom is -0.371 e. The van der Waals surface area contributed by atoms with Crippen LogP contribution in [0.25, 0.3) is 0 Å². The first-order valence-corrected chi connectivity index (χ1v) is 12.8. The van der Waals surface area contributed by atoms with Gasteiger partial charge in [0.05, 0.1) is 11.3 Å². The predicted octanol–water partition coefficient (Wildman–Crippen LogP) is 1.26. The molecule has 0 aliphatic carbocycles. The molecule has 1 unspecified atom stereocenters. The van der Waals surface area contributed by atoms with Crippen LogP contribution in [0.3, 0.4) is 0 Å². The maximum Gasteiger partial charge on any atom is 0.257 e. The molecule has 9 heteroatoms. The SMILES string of the molecule is CN(C(=O)c1c(C=O)cccc1N1CCC(C2CCN(CCN)CC2)CC1)C1CCC(=O)NC1=O. The highest BCUT2D eigenvalue weighted by molar-refractivity contribution is 6.09. The number of aldehydes is 1. The number of carbonyl (C=O) groups is 4. The predicted molar refractivity (Wildman–Crippen MR) is 133 cm³/mol. The Morgan fingerprint density at radius 3 is 2.34 bits per heavy atom. The second-order valence-corrected chi connectivity index (χ2v) is 10.0. The van der Waals surface area contributed by atoms with Gasteiger partial charge in [0, 0.05) is 45.2 Å². The molecule has 190 valence electrons. The molecule has 1 aromatic carbocycles. The van der Waals surface area contributed by atoms with E-state index in [1.165, 1.54) is 17.7 Å². The fraction of sp³-hybridized carbons (Fsp3) is 0.615. The lowest BCUT2D eigenvalue weighted by molar-refractivity contribution is -0.136. The van der Waals surface area contributed by atoms with Crippen molar-refractivity contribution in [2.45, 2.75) is 44.6 Å². The molecule has 0 aromatic heterocycles. The lowest BCUT2D eigenvalue weighted by Gasteiger charge is -2.41. The molecule has 0 bridgehead atoms. The number of nitrogens with two attached hydrogens (primary N) is 1. The van der Waals surface area contributed by atoms with E-state index in [2.05, 4.69) is 15.1 Å². The van der Waals surface area contributed by atoms with Gasteiger partial charge in [-0.05, 0) is 63.1 Å². The molecule has 3 heterocycles. The van der Waals surface area contributed by atoms with Gasteiger partial charge >= 0.3 is 0 Å². The first kappa shape index (κ1) is 25.3. The van der Waals surface area contributed by atoms with E-state index in [4.69, 9.17) is 5.73 Å². The minimum atomic E-state index is -0.733. The van der Waals surface area contributed by atoms with Gasteiger partial charge in [-0.3, -0.25) is 24.5 Å². The molecule has 3 saturated heterocycles. The third kappa shape index (κ3) is 5.56. The summed E-state index contributed by atoms with van der Waals surface area (Å²) in [5.41, 5.74) is 7.11. The number of anilines is 1. The molecule has 0 radical (unpaired) electrons. The highest BCUT2D eigenvalue weighted by Crippen LogP contribution is 2.35. The van der Waals surface area contributed by atoms with Crippen molar-refractivity contribution < 1.29 is 19.2 Å². The Balaban J connectivity index is 1.46. The summed E-state index contributed by atoms with van der Waals surface area (Å²) in [6.45, 7) is 5.59. The van der Waals surface area contributed by atoms with Crippen molar-refractivity contribution in [3.63, 3.8) is 0 Å². The summed E-state index contributed by atoms with van der Waals surface area (Å²) >= 11 is 0. The summed E-state index contributed by atoms with van der Waals surface area (Å²) < 4.78 is 0. The van der Waals surface area contributed by atoms with Crippen LogP contribution >= 0.6 is 0 Å². The van der Waals surface area contributed by atoms with Gasteiger partial charge in [0.15, 0.2) is 6.29 Å². The van der Waals surface area contributed by atoms with Crippen LogP contribution in [0.5, 0.6) is 0 Å². The maximum absolute atomic E-state index is 13.6. The minimum absolute atomic E-state index is 0.189. The fourth-order valence-electron chi connectivity index (χ4n) is 5.96. The van der Waals surface area contributed by atoms with E-state index < -0.39 is 11.9 Å². The van der Waals surface area contributed by atoms with Gasteiger partial charge < -0.3 is 20.4 Å². The molecule has 3 aliphatic rings. The molecule has 0 saturated carbocycles. The number of benzene rings is 1. The van der Waals surface area contributed by atoms with E-state index in [0.29, 0.717) is 29.9 Å². The van der Waals surface area contributed by atoms with Crippen molar-refractivity contribution in [2.75, 3.05) is 51.2 Å². The summed E-state index contributed by atoms with van der Waals surface area (Å²) in [5, 5.41) is 2.31. The molecule has 3 fully saturated rings. The number of amides is 3. The molecule has 3 N–H and O–H groups in total. The molecule has 1 aromatic rings. The normalized spacial score (nSPS) is 22.7. The van der Waals surface area contributed by atoms with E-state index in [9.17, 15) is 19.2 Å². The largest absolute Gasteiger partial charge is 0.371 e. The number of likely N-dealkylation sites (tertiary alicyclic amines) is 1. The van der Waals surface area contributed by atoms with Gasteiger partial charge in [0.25, 0.3) is 5.91 Å². The second-order valence-electron chi connectivity index (χ2n) is 10.0. The zero-order valence-electron chi connectivity index (χ0n) is 20.6. The molecular weight excluding hydrogens is 446 g/mol. The zero-order valence-corrected chi connectivity index (χ0v) is 20.6. The van der Waals surface area contributed by atoms with Crippen molar-refractivity contribution in [2.24, 2.45) is 17.6 Å². The van der Waals surface area contributed by atoms with Crippen LogP contribution in [0.4, 0.5) is 5.69 Å². The summed E-state index contributed by atoms with van der Waals surface area (Å²) in [7, 11) is 1.57. The molecule has 4 rings (SSSR count). The van der Waals surface area contributed by atoms with Crippen molar-refractivity contribution >= 4 is 29.7 Å². The number of hydrogen-bond acceptors (Lipinski definition) is 7. The number of nitrogens with one attached hydrogen (secondary N) is 1. The van der Waals surface area contributed by atoms with Crippen molar-refractivity contribution in [3.8, 4) is 0 Å². The van der Waals surface area contributed by atoms with E-state index in [1.807, 2.05) is 6.07 Å². The van der Waals surface area contributed by atoms with Gasteiger partial charge in [-0.2, -0.15) is 0 Å². The van der Waals surface area contributed by atoms with E-state index in [-0.39, 0.29) is 24.7 Å². The topological polar surface area (TPSA) is 116 Å². The fourth-order valence-corrected chi connectivity index (χ4v) is 5.96. The maximum atomic E-state index is 13.6. The quantitative estimate of drug-likeness (QED) is 0.443. The van der Waals surface area contributed by atoms with Crippen molar-refractivity contribution in [3.05, 3.63) is 29.3 Å². The highest BCUT2D eigenvalue weighted by atomic mass is 16.2. The Morgan fingerprint density at radius 1 is 1.09 bits per heavy atom. The molecule has 35 heavy (non-hydrogen) atoms. The van der Waals surface area contributed by atoms with E-state index in [1.54, 1.807) is 19.2 Å². The average molecular weight is 484 g/mol. The van der Waals surface area contributed by atoms with Gasteiger partial charge in [-0.1, -0.05) is 12.1 Å². The number of rotatable bonds is 7. The first-order chi connectivity index (χ1) is 16.9. The lowest BCUT2D eigenvalue weighted by atomic mass is 9.78. The molecule has 9 nitrogen and oxygen atoms in total. The van der Waals surface area contributed by atoms with Gasteiger partial charge in [0.2, 0.25) is 11.8 Å². The van der Waals surface area contributed by atoms with Crippen molar-refractivity contribution in [1.82, 2.24) is 15.1 Å². The van der Waals surface area contributed by atoms with Crippen LogP contribution < -0.4 is 16.0 Å². The summed E-state index contributed by atoms with van der Waals surface area (Å²) in [6, 6.07) is 4.61. The van der Waals surface area contributed by atoms with Gasteiger partial charge in [-0.25, -0.2) is 0 Å². The number of carbonyl (C=O) groups excluding carboxylic acids is 4. The highest BCUT2D eigenvalue weighted by Gasteiger charge is 2.35. The van der Waals surface area contributed by atoms with Crippen LogP contribution in [0.1, 0.15) is 59.2 Å². The Kier molecular flexibility index (Phi) is 8.18. The number of hydrogen-bond donors (Lipinski definition) is 2. The summed E-state index contributed by atoms with van der Waals surface area (Å²) in [4.78, 5) is 55.4. The van der Waals surface area contributed by atoms with Crippen LogP contribution in [0, 0.1) is 11.8 Å². The van der Waals surface area contributed by atoms with E-state index in [0.717, 1.165) is 57.2 Å². The van der Waals surface area contributed by atoms with Crippen molar-refractivity contribution in [1.29, 1.82) is 0 Å². The zero-order chi connectivity index (χ0) is 24.9. The van der Waals surface area contributed by atoms with E-state index >= 15 is 0 Å². The average Bonchev–Trinajstić information content (AvgIpc) is 2.88. The summed E-state index contributed by atoms with van der Waals surface area (Å²) in [5.74, 6) is 0.235. The molecule has 3 aliphatic heterocycles. The number of likely N-dealkylation sites (N-methyl/N-ethyl adjacent to an activating group) is 1. The van der Waals surface area contributed by atoms with Gasteiger partial charge in [0.1, 0.15) is 6.04 Å². The second kappa shape index (κ2) is 11.3. The van der Waals surface area contributed by atoms with Crippen LogP contribution in [0.15, 0.2) is 18.2 Å². The van der Waals surface area contributed by atoms with Crippen LogP contribution in [0.2, 0.25) is 0 Å². The third-order valence-corrected chi connectivity index (χ3v) is 8.04.